The van der Waals surface area contributed by atoms with Crippen molar-refractivity contribution in [3.63, 3.8) is 0 Å². The second-order valence-corrected chi connectivity index (χ2v) is 7.15. The number of amides is 1. The summed E-state index contributed by atoms with van der Waals surface area (Å²) >= 11 is 0. The molecule has 1 aromatic carbocycles. The zero-order chi connectivity index (χ0) is 17.7. The van der Waals surface area contributed by atoms with Crippen LogP contribution in [0.2, 0.25) is 0 Å². The molecule has 2 saturated heterocycles. The van der Waals surface area contributed by atoms with E-state index < -0.39 is 0 Å². The normalized spacial score (nSPS) is 21.9. The molecule has 0 unspecified atom stereocenters. The minimum Gasteiger partial charge on any atom is -0.497 e. The first-order valence-electron chi connectivity index (χ1n) is 9.08. The summed E-state index contributed by atoms with van der Waals surface area (Å²) in [5.41, 5.74) is 1.40. The van der Waals surface area contributed by atoms with Gasteiger partial charge in [0.05, 0.1) is 20.3 Å². The van der Waals surface area contributed by atoms with Crippen molar-refractivity contribution in [3.8, 4) is 11.5 Å². The minimum absolute atomic E-state index is 0.0575. The van der Waals surface area contributed by atoms with Gasteiger partial charge >= 0.3 is 0 Å². The molecule has 2 fully saturated rings. The molecule has 2 heterocycles. The number of carbonyl (C=O) groups excluding carboxylic acids is 1. The van der Waals surface area contributed by atoms with Gasteiger partial charge in [-0.3, -0.25) is 4.79 Å². The Hall–Kier alpha value is -1.79. The lowest BCUT2D eigenvalue weighted by molar-refractivity contribution is -0.122. The fraction of sp³-hybridized carbons (Fsp3) is 0.632. The Morgan fingerprint density at radius 3 is 2.52 bits per heavy atom. The quantitative estimate of drug-likeness (QED) is 0.719. The average Bonchev–Trinajstić information content (AvgIpc) is 3.05. The maximum atomic E-state index is 12.5. The van der Waals surface area contributed by atoms with E-state index in [1.807, 2.05) is 18.2 Å². The van der Waals surface area contributed by atoms with Gasteiger partial charge < -0.3 is 25.4 Å². The Kier molecular flexibility index (Phi) is 5.81. The number of rotatable bonds is 6. The number of piperidine rings is 1. The SMILES string of the molecule is COc1cc(CCNC(=O)[C@@H]2CC3(CCNCC3)CN2)cc(OC)c1. The summed E-state index contributed by atoms with van der Waals surface area (Å²) in [6.45, 7) is 3.70. The van der Waals surface area contributed by atoms with Crippen LogP contribution in [0.5, 0.6) is 11.5 Å². The van der Waals surface area contributed by atoms with Crippen LogP contribution in [0.3, 0.4) is 0 Å². The average molecular weight is 347 g/mol. The summed E-state index contributed by atoms with van der Waals surface area (Å²) in [5.74, 6) is 1.65. The second kappa shape index (κ2) is 8.06. The van der Waals surface area contributed by atoms with Gasteiger partial charge in [-0.2, -0.15) is 0 Å². The molecule has 1 aromatic rings. The molecule has 138 valence electrons. The minimum atomic E-state index is -0.0575. The summed E-state index contributed by atoms with van der Waals surface area (Å²) in [6, 6.07) is 5.75. The monoisotopic (exact) mass is 347 g/mol. The summed E-state index contributed by atoms with van der Waals surface area (Å²) in [7, 11) is 3.28. The highest BCUT2D eigenvalue weighted by Crippen LogP contribution is 2.37. The van der Waals surface area contributed by atoms with Gasteiger partial charge in [-0.25, -0.2) is 0 Å². The topological polar surface area (TPSA) is 71.6 Å². The fourth-order valence-corrected chi connectivity index (χ4v) is 3.90. The number of carbonyl (C=O) groups is 1. The standard InChI is InChI=1S/C19H29N3O3/c1-24-15-9-14(10-16(11-15)25-2)3-6-21-18(23)17-12-19(13-22-17)4-7-20-8-5-19/h9-11,17,20,22H,3-8,12-13H2,1-2H3,(H,21,23)/t17-/m0/s1. The zero-order valence-corrected chi connectivity index (χ0v) is 15.2. The van der Waals surface area contributed by atoms with Crippen molar-refractivity contribution < 1.29 is 14.3 Å². The van der Waals surface area contributed by atoms with Gasteiger partial charge in [-0.1, -0.05) is 0 Å². The molecule has 2 aliphatic heterocycles. The molecule has 6 nitrogen and oxygen atoms in total. The van der Waals surface area contributed by atoms with Crippen LogP contribution in [-0.4, -0.2) is 52.3 Å². The van der Waals surface area contributed by atoms with Crippen molar-refractivity contribution in [1.29, 1.82) is 0 Å². The van der Waals surface area contributed by atoms with E-state index in [0.29, 0.717) is 12.0 Å². The first-order chi connectivity index (χ1) is 12.1. The van der Waals surface area contributed by atoms with E-state index in [2.05, 4.69) is 16.0 Å². The molecule has 2 aliphatic rings. The highest BCUT2D eigenvalue weighted by Gasteiger charge is 2.41. The molecule has 0 saturated carbocycles. The van der Waals surface area contributed by atoms with E-state index in [1.165, 1.54) is 0 Å². The van der Waals surface area contributed by atoms with E-state index in [4.69, 9.17) is 9.47 Å². The molecule has 0 bridgehead atoms. The molecule has 1 atom stereocenters. The highest BCUT2D eigenvalue weighted by molar-refractivity contribution is 5.82. The maximum absolute atomic E-state index is 12.5. The van der Waals surface area contributed by atoms with Crippen LogP contribution in [-0.2, 0) is 11.2 Å². The van der Waals surface area contributed by atoms with Crippen molar-refractivity contribution in [1.82, 2.24) is 16.0 Å². The number of hydrogen-bond acceptors (Lipinski definition) is 5. The van der Waals surface area contributed by atoms with Crippen LogP contribution in [0.1, 0.15) is 24.8 Å². The smallest absolute Gasteiger partial charge is 0.237 e. The molecule has 1 spiro atoms. The molecule has 25 heavy (non-hydrogen) atoms. The molecule has 3 rings (SSSR count). The number of hydrogen-bond donors (Lipinski definition) is 3. The predicted octanol–water partition coefficient (Wildman–Crippen LogP) is 1.09. The predicted molar refractivity (Wildman–Crippen MR) is 97.2 cm³/mol. The lowest BCUT2D eigenvalue weighted by Crippen LogP contribution is -2.41. The molecule has 1 amide bonds. The van der Waals surface area contributed by atoms with E-state index in [-0.39, 0.29) is 11.9 Å². The molecule has 3 N–H and O–H groups in total. The second-order valence-electron chi connectivity index (χ2n) is 7.15. The molecule has 0 aromatic heterocycles. The van der Waals surface area contributed by atoms with Gasteiger partial charge in [0.25, 0.3) is 0 Å². The highest BCUT2D eigenvalue weighted by atomic mass is 16.5. The van der Waals surface area contributed by atoms with E-state index in [9.17, 15) is 4.79 Å². The molecule has 6 heteroatoms. The van der Waals surface area contributed by atoms with Crippen molar-refractivity contribution >= 4 is 5.91 Å². The molecule has 0 radical (unpaired) electrons. The zero-order valence-electron chi connectivity index (χ0n) is 15.2. The van der Waals surface area contributed by atoms with E-state index in [1.54, 1.807) is 14.2 Å². The Balaban J connectivity index is 1.48. The third kappa shape index (κ3) is 4.44. The van der Waals surface area contributed by atoms with Crippen LogP contribution in [0, 0.1) is 5.41 Å². The van der Waals surface area contributed by atoms with Gasteiger partial charge in [0.2, 0.25) is 5.91 Å². The fourth-order valence-electron chi connectivity index (χ4n) is 3.90. The van der Waals surface area contributed by atoms with Gasteiger partial charge in [0.1, 0.15) is 11.5 Å². The first-order valence-corrected chi connectivity index (χ1v) is 9.08. The molecule has 0 aliphatic carbocycles. The summed E-state index contributed by atoms with van der Waals surface area (Å²) < 4.78 is 10.6. The van der Waals surface area contributed by atoms with Gasteiger partial charge in [0.15, 0.2) is 0 Å². The Labute approximate surface area is 149 Å². The Bertz CT molecular complexity index is 577. The summed E-state index contributed by atoms with van der Waals surface area (Å²) in [4.78, 5) is 12.5. The lowest BCUT2D eigenvalue weighted by atomic mass is 9.77. The number of ether oxygens (including phenoxy) is 2. The summed E-state index contributed by atoms with van der Waals surface area (Å²) in [6.07, 6.45) is 4.02. The van der Waals surface area contributed by atoms with Crippen LogP contribution < -0.4 is 25.4 Å². The summed E-state index contributed by atoms with van der Waals surface area (Å²) in [5, 5.41) is 9.90. The van der Waals surface area contributed by atoms with Crippen molar-refractivity contribution in [2.24, 2.45) is 5.41 Å². The molecular weight excluding hydrogens is 318 g/mol. The van der Waals surface area contributed by atoms with Gasteiger partial charge in [-0.05, 0) is 61.9 Å². The van der Waals surface area contributed by atoms with E-state index in [0.717, 1.165) is 62.4 Å². The van der Waals surface area contributed by atoms with Crippen LogP contribution in [0.25, 0.3) is 0 Å². The maximum Gasteiger partial charge on any atom is 0.237 e. The first kappa shape index (κ1) is 18.0. The number of benzene rings is 1. The van der Waals surface area contributed by atoms with E-state index >= 15 is 0 Å². The van der Waals surface area contributed by atoms with Crippen LogP contribution in [0.15, 0.2) is 18.2 Å². The van der Waals surface area contributed by atoms with Crippen molar-refractivity contribution in [3.05, 3.63) is 23.8 Å². The third-order valence-corrected chi connectivity index (χ3v) is 5.47. The van der Waals surface area contributed by atoms with Gasteiger partial charge in [0, 0.05) is 19.2 Å². The molecular formula is C19H29N3O3. The third-order valence-electron chi connectivity index (χ3n) is 5.47. The van der Waals surface area contributed by atoms with Gasteiger partial charge in [-0.15, -0.1) is 0 Å². The number of nitrogens with one attached hydrogen (secondary N) is 3. The van der Waals surface area contributed by atoms with Crippen molar-refractivity contribution in [2.45, 2.75) is 31.7 Å². The van der Waals surface area contributed by atoms with Crippen LogP contribution >= 0.6 is 0 Å². The van der Waals surface area contributed by atoms with Crippen molar-refractivity contribution in [2.75, 3.05) is 40.4 Å². The lowest BCUT2D eigenvalue weighted by Gasteiger charge is -2.33. The number of methoxy groups -OCH3 is 2. The van der Waals surface area contributed by atoms with Crippen LogP contribution in [0.4, 0.5) is 0 Å². The largest absolute Gasteiger partial charge is 0.497 e. The Morgan fingerprint density at radius 2 is 1.88 bits per heavy atom. The Morgan fingerprint density at radius 1 is 1.20 bits per heavy atom.